The summed E-state index contributed by atoms with van der Waals surface area (Å²) < 4.78 is 6.86. The molecule has 1 unspecified atom stereocenters. The second kappa shape index (κ2) is 6.20. The van der Waals surface area contributed by atoms with E-state index in [1.54, 1.807) is 11.8 Å². The van der Waals surface area contributed by atoms with E-state index in [1.165, 1.54) is 6.33 Å². The summed E-state index contributed by atoms with van der Waals surface area (Å²) in [6, 6.07) is 16.7. The van der Waals surface area contributed by atoms with E-state index in [9.17, 15) is 5.21 Å². The highest BCUT2D eigenvalue weighted by Crippen LogP contribution is 2.31. The van der Waals surface area contributed by atoms with Gasteiger partial charge in [0.05, 0.1) is 7.11 Å². The first kappa shape index (κ1) is 15.1. The van der Waals surface area contributed by atoms with Crippen LogP contribution in [0.1, 0.15) is 17.2 Å². The van der Waals surface area contributed by atoms with E-state index in [4.69, 9.17) is 4.74 Å². The molecule has 1 atom stereocenters. The molecule has 124 valence electrons. The molecule has 1 aliphatic rings. The van der Waals surface area contributed by atoms with Crippen LogP contribution in [0.25, 0.3) is 0 Å². The van der Waals surface area contributed by atoms with Crippen LogP contribution in [0.4, 0.5) is 5.95 Å². The van der Waals surface area contributed by atoms with Crippen molar-refractivity contribution in [2.24, 2.45) is 10.1 Å². The number of benzene rings is 2. The lowest BCUT2D eigenvalue weighted by atomic mass is 9.94. The fourth-order valence-corrected chi connectivity index (χ4v) is 2.90. The van der Waals surface area contributed by atoms with Crippen molar-refractivity contribution in [1.82, 2.24) is 14.8 Å². The number of hydrogen-bond acceptors (Lipinski definition) is 6. The van der Waals surface area contributed by atoms with Gasteiger partial charge in [0.25, 0.3) is 0 Å². The van der Waals surface area contributed by atoms with Gasteiger partial charge in [-0.3, -0.25) is 0 Å². The number of methoxy groups -OCH3 is 1. The second-order valence-electron chi connectivity index (χ2n) is 5.49. The molecular weight excluding hydrogens is 318 g/mol. The number of nitrogens with zero attached hydrogens (tertiary/aromatic N) is 5. The van der Waals surface area contributed by atoms with Gasteiger partial charge in [-0.25, -0.2) is 9.67 Å². The molecule has 0 fully saturated rings. The fourth-order valence-electron chi connectivity index (χ4n) is 2.90. The van der Waals surface area contributed by atoms with Crippen molar-refractivity contribution in [2.45, 2.75) is 6.04 Å². The fraction of sp³-hybridized carbons (Fsp3) is 0.111. The highest BCUT2D eigenvalue weighted by Gasteiger charge is 2.33. The molecule has 1 N–H and O–H groups in total. The Balaban J connectivity index is 1.88. The standard InChI is InChI=1S/C18H15N5O2/c1-25-14-9-7-13(8-10-14)17-16(22-24)15(12-5-3-2-4-6-12)21-18-19-11-20-23(17)18/h2-11,17,24H,1H3. The largest absolute Gasteiger partial charge is 0.497 e. The molecule has 1 aromatic heterocycles. The molecule has 2 heterocycles. The highest BCUT2D eigenvalue weighted by atomic mass is 16.5. The van der Waals surface area contributed by atoms with E-state index in [-0.39, 0.29) is 0 Å². The minimum absolute atomic E-state index is 0.411. The average Bonchev–Trinajstić information content (AvgIpc) is 3.15. The lowest BCUT2D eigenvalue weighted by molar-refractivity contribution is 0.316. The average molecular weight is 333 g/mol. The Bertz CT molecular complexity index is 945. The lowest BCUT2D eigenvalue weighted by Gasteiger charge is -2.24. The number of aliphatic imine (C=N–C) groups is 1. The van der Waals surface area contributed by atoms with Crippen LogP contribution >= 0.6 is 0 Å². The van der Waals surface area contributed by atoms with Crippen LogP contribution < -0.4 is 4.74 Å². The molecule has 1 aliphatic heterocycles. The maximum absolute atomic E-state index is 9.74. The predicted octanol–water partition coefficient (Wildman–Crippen LogP) is 2.84. The third-order valence-electron chi connectivity index (χ3n) is 4.10. The van der Waals surface area contributed by atoms with Gasteiger partial charge < -0.3 is 9.94 Å². The summed E-state index contributed by atoms with van der Waals surface area (Å²) in [5, 5.41) is 17.5. The van der Waals surface area contributed by atoms with E-state index >= 15 is 0 Å². The first-order valence-corrected chi connectivity index (χ1v) is 7.71. The van der Waals surface area contributed by atoms with Crippen LogP contribution in [-0.2, 0) is 0 Å². The zero-order valence-electron chi connectivity index (χ0n) is 13.4. The summed E-state index contributed by atoms with van der Waals surface area (Å²) in [4.78, 5) is 8.74. The molecule has 0 saturated carbocycles. The van der Waals surface area contributed by atoms with Crippen molar-refractivity contribution in [3.05, 3.63) is 72.1 Å². The molecule has 4 rings (SSSR count). The number of fused-ring (bicyclic) bond motifs is 1. The van der Waals surface area contributed by atoms with E-state index in [0.29, 0.717) is 17.4 Å². The van der Waals surface area contributed by atoms with Gasteiger partial charge in [-0.2, -0.15) is 10.1 Å². The topological polar surface area (TPSA) is 84.9 Å². The third kappa shape index (κ3) is 2.55. The van der Waals surface area contributed by atoms with Crippen molar-refractivity contribution in [2.75, 3.05) is 7.11 Å². The summed E-state index contributed by atoms with van der Waals surface area (Å²) in [6.07, 6.45) is 1.44. The van der Waals surface area contributed by atoms with Crippen LogP contribution in [0.15, 0.2) is 71.1 Å². The van der Waals surface area contributed by atoms with E-state index in [1.807, 2.05) is 54.6 Å². The normalized spacial score (nSPS) is 17.9. The summed E-state index contributed by atoms with van der Waals surface area (Å²) >= 11 is 0. The van der Waals surface area contributed by atoms with E-state index in [0.717, 1.165) is 16.9 Å². The maximum atomic E-state index is 9.74. The van der Waals surface area contributed by atoms with Crippen LogP contribution in [0.5, 0.6) is 5.75 Å². The second-order valence-corrected chi connectivity index (χ2v) is 5.49. The molecule has 0 saturated heterocycles. The number of oxime groups is 1. The molecule has 3 aromatic rings. The molecule has 7 heteroatoms. The zero-order chi connectivity index (χ0) is 17.2. The van der Waals surface area contributed by atoms with Crippen molar-refractivity contribution >= 4 is 17.4 Å². The minimum Gasteiger partial charge on any atom is -0.497 e. The van der Waals surface area contributed by atoms with Crippen molar-refractivity contribution in [3.8, 4) is 5.75 Å². The summed E-state index contributed by atoms with van der Waals surface area (Å²) in [7, 11) is 1.62. The molecule has 0 aliphatic carbocycles. The van der Waals surface area contributed by atoms with Crippen molar-refractivity contribution < 1.29 is 9.94 Å². The third-order valence-corrected chi connectivity index (χ3v) is 4.10. The van der Waals surface area contributed by atoms with E-state index < -0.39 is 6.04 Å². The van der Waals surface area contributed by atoms with Gasteiger partial charge in [-0.1, -0.05) is 47.6 Å². The molecule has 25 heavy (non-hydrogen) atoms. The zero-order valence-corrected chi connectivity index (χ0v) is 13.4. The molecule has 0 spiro atoms. The van der Waals surface area contributed by atoms with Gasteiger partial charge >= 0.3 is 0 Å². The monoisotopic (exact) mass is 333 g/mol. The Kier molecular flexibility index (Phi) is 3.74. The number of hydrogen-bond donors (Lipinski definition) is 1. The predicted molar refractivity (Wildman–Crippen MR) is 93.0 cm³/mol. The number of rotatable bonds is 3. The molecular formula is C18H15N5O2. The first-order valence-electron chi connectivity index (χ1n) is 7.71. The van der Waals surface area contributed by atoms with Crippen LogP contribution in [0.2, 0.25) is 0 Å². The van der Waals surface area contributed by atoms with Crippen LogP contribution in [0.3, 0.4) is 0 Å². The Morgan fingerprint density at radius 3 is 2.52 bits per heavy atom. The first-order chi connectivity index (χ1) is 12.3. The summed E-state index contributed by atoms with van der Waals surface area (Å²) in [5.41, 5.74) is 2.73. The molecule has 0 amide bonds. The smallest absolute Gasteiger partial charge is 0.249 e. The quantitative estimate of drug-likeness (QED) is 0.590. The number of aromatic nitrogens is 3. The van der Waals surface area contributed by atoms with E-state index in [2.05, 4.69) is 20.2 Å². The highest BCUT2D eigenvalue weighted by molar-refractivity contribution is 6.50. The van der Waals surface area contributed by atoms with Gasteiger partial charge in [0, 0.05) is 5.56 Å². The summed E-state index contributed by atoms with van der Waals surface area (Å²) in [5.74, 6) is 1.21. The van der Waals surface area contributed by atoms with Crippen molar-refractivity contribution in [1.29, 1.82) is 0 Å². The van der Waals surface area contributed by atoms with Gasteiger partial charge in [0.2, 0.25) is 5.95 Å². The molecule has 7 nitrogen and oxygen atoms in total. The molecule has 0 radical (unpaired) electrons. The van der Waals surface area contributed by atoms with Gasteiger partial charge in [-0.05, 0) is 17.7 Å². The minimum atomic E-state index is -0.430. The van der Waals surface area contributed by atoms with Crippen LogP contribution in [-0.4, -0.2) is 38.5 Å². The lowest BCUT2D eigenvalue weighted by Crippen LogP contribution is -2.32. The van der Waals surface area contributed by atoms with Crippen molar-refractivity contribution in [3.63, 3.8) is 0 Å². The molecule has 0 bridgehead atoms. The maximum Gasteiger partial charge on any atom is 0.249 e. The number of ether oxygens (including phenoxy) is 1. The Hall–Kier alpha value is -3.48. The Labute approximate surface area is 143 Å². The Morgan fingerprint density at radius 2 is 1.84 bits per heavy atom. The SMILES string of the molecule is COc1ccc(C2C(=NO)C(c3ccccc3)=Nc3ncnn32)cc1. The van der Waals surface area contributed by atoms with Gasteiger partial charge in [-0.15, -0.1) is 0 Å². The van der Waals surface area contributed by atoms with Crippen LogP contribution in [0, 0.1) is 0 Å². The molecule has 2 aromatic carbocycles. The Morgan fingerprint density at radius 1 is 1.08 bits per heavy atom. The van der Waals surface area contributed by atoms with Gasteiger partial charge in [0.15, 0.2) is 0 Å². The van der Waals surface area contributed by atoms with Gasteiger partial charge in [0.1, 0.15) is 29.5 Å². The summed E-state index contributed by atoms with van der Waals surface area (Å²) in [6.45, 7) is 0.